The highest BCUT2D eigenvalue weighted by atomic mass is 19.2. The van der Waals surface area contributed by atoms with E-state index >= 15 is 0 Å². The summed E-state index contributed by atoms with van der Waals surface area (Å²) in [6.07, 6.45) is 1.79. The zero-order valence-electron chi connectivity index (χ0n) is 9.19. The minimum Gasteiger partial charge on any atom is -0.314 e. The van der Waals surface area contributed by atoms with Gasteiger partial charge in [0, 0.05) is 6.04 Å². The first kappa shape index (κ1) is 12.1. The highest BCUT2D eigenvalue weighted by molar-refractivity contribution is 5.18. The van der Waals surface area contributed by atoms with E-state index in [1.807, 2.05) is 6.92 Å². The first-order valence-corrected chi connectivity index (χ1v) is 5.30. The second-order valence-electron chi connectivity index (χ2n) is 3.81. The third-order valence-corrected chi connectivity index (χ3v) is 2.27. The van der Waals surface area contributed by atoms with Crippen molar-refractivity contribution in [1.29, 1.82) is 0 Å². The molecule has 15 heavy (non-hydrogen) atoms. The molecule has 1 N–H and O–H groups in total. The fourth-order valence-corrected chi connectivity index (χ4v) is 1.48. The van der Waals surface area contributed by atoms with E-state index in [1.165, 1.54) is 12.1 Å². The molecule has 0 radical (unpaired) electrons. The number of benzene rings is 1. The van der Waals surface area contributed by atoms with E-state index in [0.29, 0.717) is 0 Å². The molecule has 0 aliphatic carbocycles. The van der Waals surface area contributed by atoms with Crippen LogP contribution in [0.1, 0.15) is 25.8 Å². The van der Waals surface area contributed by atoms with Crippen LogP contribution in [0.5, 0.6) is 0 Å². The Hall–Kier alpha value is -0.960. The maximum Gasteiger partial charge on any atom is 0.159 e. The number of rotatable bonds is 5. The molecule has 1 rings (SSSR count). The Balaban J connectivity index is 2.53. The van der Waals surface area contributed by atoms with Gasteiger partial charge >= 0.3 is 0 Å². The third-order valence-electron chi connectivity index (χ3n) is 2.27. The second kappa shape index (κ2) is 5.81. The molecule has 1 aromatic carbocycles. The molecule has 0 fully saturated rings. The van der Waals surface area contributed by atoms with Crippen LogP contribution in [0, 0.1) is 11.6 Å². The molecule has 84 valence electrons. The van der Waals surface area contributed by atoms with Gasteiger partial charge in [-0.2, -0.15) is 0 Å². The topological polar surface area (TPSA) is 12.0 Å². The van der Waals surface area contributed by atoms with E-state index in [0.717, 1.165) is 24.9 Å². The largest absolute Gasteiger partial charge is 0.314 e. The van der Waals surface area contributed by atoms with Crippen molar-refractivity contribution in [3.05, 3.63) is 35.4 Å². The minimum atomic E-state index is -0.784. The maximum absolute atomic E-state index is 12.9. The molecule has 1 atom stereocenters. The van der Waals surface area contributed by atoms with Crippen LogP contribution in [-0.4, -0.2) is 12.6 Å². The smallest absolute Gasteiger partial charge is 0.159 e. The number of hydrogen-bond acceptors (Lipinski definition) is 1. The van der Waals surface area contributed by atoms with Gasteiger partial charge in [0.25, 0.3) is 0 Å². The average Bonchev–Trinajstić information content (AvgIpc) is 2.20. The summed E-state index contributed by atoms with van der Waals surface area (Å²) >= 11 is 0. The van der Waals surface area contributed by atoms with Crippen LogP contribution in [0.3, 0.4) is 0 Å². The van der Waals surface area contributed by atoms with Gasteiger partial charge in [0.05, 0.1) is 0 Å². The second-order valence-corrected chi connectivity index (χ2v) is 3.81. The summed E-state index contributed by atoms with van der Waals surface area (Å²) in [5.41, 5.74) is 0.824. The van der Waals surface area contributed by atoms with Crippen molar-refractivity contribution in [3.8, 4) is 0 Å². The van der Waals surface area contributed by atoms with Crippen LogP contribution in [-0.2, 0) is 6.42 Å². The quantitative estimate of drug-likeness (QED) is 0.793. The summed E-state index contributed by atoms with van der Waals surface area (Å²) in [5.74, 6) is -1.55. The Kier molecular flexibility index (Phi) is 4.69. The van der Waals surface area contributed by atoms with E-state index in [1.54, 1.807) is 6.07 Å². The lowest BCUT2D eigenvalue weighted by Crippen LogP contribution is -2.28. The van der Waals surface area contributed by atoms with Crippen LogP contribution in [0.4, 0.5) is 8.78 Å². The molecule has 0 heterocycles. The van der Waals surface area contributed by atoms with E-state index < -0.39 is 11.6 Å². The summed E-state index contributed by atoms with van der Waals surface area (Å²) in [4.78, 5) is 0. The lowest BCUT2D eigenvalue weighted by molar-refractivity contribution is 0.502. The van der Waals surface area contributed by atoms with Gasteiger partial charge in [0.1, 0.15) is 0 Å². The molecule has 0 saturated heterocycles. The Morgan fingerprint density at radius 2 is 2.00 bits per heavy atom. The molecule has 0 spiro atoms. The van der Waals surface area contributed by atoms with Gasteiger partial charge in [-0.3, -0.25) is 0 Å². The summed E-state index contributed by atoms with van der Waals surface area (Å²) in [5, 5.41) is 3.30. The number of halogens is 2. The fourth-order valence-electron chi connectivity index (χ4n) is 1.48. The van der Waals surface area contributed by atoms with Crippen molar-refractivity contribution in [2.24, 2.45) is 0 Å². The van der Waals surface area contributed by atoms with Crippen molar-refractivity contribution < 1.29 is 8.78 Å². The van der Waals surface area contributed by atoms with E-state index in [9.17, 15) is 8.78 Å². The Bertz CT molecular complexity index is 312. The summed E-state index contributed by atoms with van der Waals surface area (Å²) in [6, 6.07) is 4.36. The fraction of sp³-hybridized carbons (Fsp3) is 0.500. The predicted octanol–water partition coefficient (Wildman–Crippen LogP) is 2.90. The zero-order valence-corrected chi connectivity index (χ0v) is 9.19. The molecule has 0 amide bonds. The van der Waals surface area contributed by atoms with Crippen molar-refractivity contribution in [2.45, 2.75) is 32.7 Å². The zero-order chi connectivity index (χ0) is 11.3. The molecule has 1 aromatic rings. The van der Waals surface area contributed by atoms with E-state index in [-0.39, 0.29) is 6.04 Å². The summed E-state index contributed by atoms with van der Waals surface area (Å²) in [6.45, 7) is 5.08. The molecule has 0 saturated carbocycles. The van der Waals surface area contributed by atoms with Crippen molar-refractivity contribution in [2.75, 3.05) is 6.54 Å². The molecule has 0 aliphatic rings. The Morgan fingerprint density at radius 3 is 2.60 bits per heavy atom. The van der Waals surface area contributed by atoms with Gasteiger partial charge in [0.2, 0.25) is 0 Å². The van der Waals surface area contributed by atoms with Crippen LogP contribution in [0.25, 0.3) is 0 Å². The molecule has 0 bridgehead atoms. The molecule has 0 aromatic heterocycles. The van der Waals surface area contributed by atoms with Crippen molar-refractivity contribution >= 4 is 0 Å². The normalized spacial score (nSPS) is 12.8. The molecular weight excluding hydrogens is 196 g/mol. The SMILES string of the molecule is CCCNC(C)Cc1ccc(F)c(F)c1. The predicted molar refractivity (Wildman–Crippen MR) is 57.8 cm³/mol. The van der Waals surface area contributed by atoms with Crippen LogP contribution in [0.2, 0.25) is 0 Å². The van der Waals surface area contributed by atoms with Gasteiger partial charge in [-0.05, 0) is 44.0 Å². The summed E-state index contributed by atoms with van der Waals surface area (Å²) in [7, 11) is 0. The lowest BCUT2D eigenvalue weighted by Gasteiger charge is -2.13. The monoisotopic (exact) mass is 213 g/mol. The van der Waals surface area contributed by atoms with Gasteiger partial charge in [-0.15, -0.1) is 0 Å². The molecule has 3 heteroatoms. The molecular formula is C12H17F2N. The highest BCUT2D eigenvalue weighted by Crippen LogP contribution is 2.10. The van der Waals surface area contributed by atoms with E-state index in [2.05, 4.69) is 12.2 Å². The van der Waals surface area contributed by atoms with Gasteiger partial charge in [0.15, 0.2) is 11.6 Å². The molecule has 1 nitrogen and oxygen atoms in total. The van der Waals surface area contributed by atoms with Gasteiger partial charge < -0.3 is 5.32 Å². The Labute approximate surface area is 89.5 Å². The molecule has 1 unspecified atom stereocenters. The first-order chi connectivity index (χ1) is 7.13. The minimum absolute atomic E-state index is 0.287. The summed E-state index contributed by atoms with van der Waals surface area (Å²) < 4.78 is 25.5. The lowest BCUT2D eigenvalue weighted by atomic mass is 10.1. The average molecular weight is 213 g/mol. The number of nitrogens with one attached hydrogen (secondary N) is 1. The van der Waals surface area contributed by atoms with Crippen molar-refractivity contribution in [3.63, 3.8) is 0 Å². The third kappa shape index (κ3) is 3.96. The first-order valence-electron chi connectivity index (χ1n) is 5.30. The van der Waals surface area contributed by atoms with Crippen LogP contribution >= 0.6 is 0 Å². The van der Waals surface area contributed by atoms with Gasteiger partial charge in [-0.1, -0.05) is 13.0 Å². The van der Waals surface area contributed by atoms with Crippen molar-refractivity contribution in [1.82, 2.24) is 5.32 Å². The maximum atomic E-state index is 12.9. The van der Waals surface area contributed by atoms with E-state index in [4.69, 9.17) is 0 Å². The van der Waals surface area contributed by atoms with Crippen LogP contribution < -0.4 is 5.32 Å². The number of hydrogen-bond donors (Lipinski definition) is 1. The van der Waals surface area contributed by atoms with Gasteiger partial charge in [-0.25, -0.2) is 8.78 Å². The molecule has 0 aliphatic heterocycles. The van der Waals surface area contributed by atoms with Crippen LogP contribution in [0.15, 0.2) is 18.2 Å². The Morgan fingerprint density at radius 1 is 1.27 bits per heavy atom. The standard InChI is InChI=1S/C12H17F2N/c1-3-6-15-9(2)7-10-4-5-11(13)12(14)8-10/h4-5,8-9,15H,3,6-7H2,1-2H3. The highest BCUT2D eigenvalue weighted by Gasteiger charge is 2.06.